The summed E-state index contributed by atoms with van der Waals surface area (Å²) in [6, 6.07) is 7.56. The summed E-state index contributed by atoms with van der Waals surface area (Å²) in [4.78, 5) is 1.39. The molecule has 96 valence electrons. The van der Waals surface area contributed by atoms with Gasteiger partial charge in [-0.3, -0.25) is 4.90 Å². The summed E-state index contributed by atoms with van der Waals surface area (Å²) in [5, 5.41) is 0.537. The molecule has 0 amide bonds. The molecule has 0 atom stereocenters. The first-order valence-electron chi connectivity index (χ1n) is 5.31. The van der Waals surface area contributed by atoms with Crippen LogP contribution in [0.5, 0.6) is 0 Å². The second kappa shape index (κ2) is 6.40. The summed E-state index contributed by atoms with van der Waals surface area (Å²) in [6.45, 7) is 1.77. The number of halogens is 4. The number of hydrogen-bond acceptors (Lipinski definition) is 1. The molecule has 1 aromatic rings. The zero-order chi connectivity index (χ0) is 12.9. The van der Waals surface area contributed by atoms with Crippen LogP contribution in [0.15, 0.2) is 24.3 Å². The molecule has 0 bridgehead atoms. The standard InChI is InChI=1S/C12H15BrF3N/c1-10-3-2-4-11(7-10)8-17(6-5-13)9-12(14,15)16/h2-4,7H,5-6,8-9H2,1H3. The summed E-state index contributed by atoms with van der Waals surface area (Å²) >= 11 is 3.18. The Kier molecular flexibility index (Phi) is 5.46. The van der Waals surface area contributed by atoms with E-state index in [4.69, 9.17) is 0 Å². The minimum atomic E-state index is -4.15. The van der Waals surface area contributed by atoms with Crippen molar-refractivity contribution in [3.63, 3.8) is 0 Å². The van der Waals surface area contributed by atoms with Crippen LogP contribution < -0.4 is 0 Å². The van der Waals surface area contributed by atoms with Crippen LogP contribution >= 0.6 is 15.9 Å². The van der Waals surface area contributed by atoms with Crippen LogP contribution in [0.2, 0.25) is 0 Å². The van der Waals surface area contributed by atoms with Crippen LogP contribution in [-0.4, -0.2) is 29.5 Å². The van der Waals surface area contributed by atoms with Gasteiger partial charge in [-0.2, -0.15) is 13.2 Å². The van der Waals surface area contributed by atoms with Gasteiger partial charge in [0.25, 0.3) is 0 Å². The van der Waals surface area contributed by atoms with E-state index in [0.29, 0.717) is 18.4 Å². The molecule has 0 aromatic heterocycles. The van der Waals surface area contributed by atoms with Crippen molar-refractivity contribution in [2.24, 2.45) is 0 Å². The Hall–Kier alpha value is -0.550. The lowest BCUT2D eigenvalue weighted by Crippen LogP contribution is -2.35. The van der Waals surface area contributed by atoms with Gasteiger partial charge in [-0.25, -0.2) is 0 Å². The predicted molar refractivity (Wildman–Crippen MR) is 66.3 cm³/mol. The van der Waals surface area contributed by atoms with Crippen molar-refractivity contribution in [3.05, 3.63) is 35.4 Å². The largest absolute Gasteiger partial charge is 0.401 e. The lowest BCUT2D eigenvalue weighted by Gasteiger charge is -2.22. The fourth-order valence-electron chi connectivity index (χ4n) is 1.66. The zero-order valence-corrected chi connectivity index (χ0v) is 11.2. The summed E-state index contributed by atoms with van der Waals surface area (Å²) in [5.74, 6) is 0. The van der Waals surface area contributed by atoms with Crippen molar-refractivity contribution in [2.45, 2.75) is 19.6 Å². The van der Waals surface area contributed by atoms with Crippen molar-refractivity contribution >= 4 is 15.9 Å². The minimum Gasteiger partial charge on any atom is -0.290 e. The molecule has 0 unspecified atom stereocenters. The highest BCUT2D eigenvalue weighted by molar-refractivity contribution is 9.09. The number of benzene rings is 1. The monoisotopic (exact) mass is 309 g/mol. The van der Waals surface area contributed by atoms with Crippen molar-refractivity contribution in [2.75, 3.05) is 18.4 Å². The van der Waals surface area contributed by atoms with Gasteiger partial charge in [-0.15, -0.1) is 0 Å². The van der Waals surface area contributed by atoms with E-state index in [-0.39, 0.29) is 0 Å². The smallest absolute Gasteiger partial charge is 0.290 e. The predicted octanol–water partition coefficient (Wildman–Crippen LogP) is 3.75. The van der Waals surface area contributed by atoms with E-state index in [9.17, 15) is 13.2 Å². The molecule has 0 heterocycles. The van der Waals surface area contributed by atoms with Gasteiger partial charge in [0.05, 0.1) is 6.54 Å². The van der Waals surface area contributed by atoms with Gasteiger partial charge in [-0.05, 0) is 12.5 Å². The Morgan fingerprint density at radius 1 is 1.29 bits per heavy atom. The first-order chi connectivity index (χ1) is 7.90. The Morgan fingerprint density at radius 3 is 2.53 bits per heavy atom. The number of aryl methyl sites for hydroxylation is 1. The summed E-state index contributed by atoms with van der Waals surface area (Å²) in [5.41, 5.74) is 1.98. The van der Waals surface area contributed by atoms with E-state index in [0.717, 1.165) is 11.1 Å². The average Bonchev–Trinajstić information content (AvgIpc) is 2.15. The fourth-order valence-corrected chi connectivity index (χ4v) is 2.16. The highest BCUT2D eigenvalue weighted by atomic mass is 79.9. The lowest BCUT2D eigenvalue weighted by atomic mass is 10.1. The zero-order valence-electron chi connectivity index (χ0n) is 9.60. The van der Waals surface area contributed by atoms with Crippen LogP contribution in [0.3, 0.4) is 0 Å². The number of alkyl halides is 4. The number of nitrogens with zero attached hydrogens (tertiary/aromatic N) is 1. The normalized spacial score (nSPS) is 12.1. The third kappa shape index (κ3) is 6.07. The minimum absolute atomic E-state index is 0.326. The highest BCUT2D eigenvalue weighted by Gasteiger charge is 2.30. The van der Waals surface area contributed by atoms with Gasteiger partial charge in [0.15, 0.2) is 0 Å². The molecule has 5 heteroatoms. The average molecular weight is 310 g/mol. The van der Waals surface area contributed by atoms with Gasteiger partial charge in [0.1, 0.15) is 0 Å². The van der Waals surface area contributed by atoms with Crippen LogP contribution in [0, 0.1) is 6.92 Å². The van der Waals surface area contributed by atoms with Crippen LogP contribution in [0.1, 0.15) is 11.1 Å². The maximum Gasteiger partial charge on any atom is 0.401 e. The van der Waals surface area contributed by atoms with Gasteiger partial charge in [0.2, 0.25) is 0 Å². The molecule has 0 fully saturated rings. The summed E-state index contributed by atoms with van der Waals surface area (Å²) < 4.78 is 37.1. The molecule has 0 saturated heterocycles. The van der Waals surface area contributed by atoms with Crippen molar-refractivity contribution < 1.29 is 13.2 Å². The number of hydrogen-bond donors (Lipinski definition) is 0. The molecule has 1 aromatic carbocycles. The lowest BCUT2D eigenvalue weighted by molar-refractivity contribution is -0.146. The van der Waals surface area contributed by atoms with Crippen molar-refractivity contribution in [1.82, 2.24) is 4.90 Å². The molecular weight excluding hydrogens is 295 g/mol. The topological polar surface area (TPSA) is 3.24 Å². The van der Waals surface area contributed by atoms with E-state index >= 15 is 0 Å². The van der Waals surface area contributed by atoms with E-state index in [2.05, 4.69) is 15.9 Å². The van der Waals surface area contributed by atoms with Crippen LogP contribution in [0.25, 0.3) is 0 Å². The van der Waals surface area contributed by atoms with Gasteiger partial charge < -0.3 is 0 Å². The van der Waals surface area contributed by atoms with E-state index in [1.54, 1.807) is 0 Å². The Labute approximate surface area is 108 Å². The second-order valence-corrected chi connectivity index (χ2v) is 4.80. The maximum atomic E-state index is 12.4. The van der Waals surface area contributed by atoms with E-state index < -0.39 is 12.7 Å². The Balaban J connectivity index is 2.66. The van der Waals surface area contributed by atoms with Crippen molar-refractivity contribution in [3.8, 4) is 0 Å². The first-order valence-corrected chi connectivity index (χ1v) is 6.43. The van der Waals surface area contributed by atoms with E-state index in [1.165, 1.54) is 4.90 Å². The summed E-state index contributed by atoms with van der Waals surface area (Å²) in [7, 11) is 0. The first kappa shape index (κ1) is 14.5. The molecule has 0 aliphatic rings. The SMILES string of the molecule is Cc1cccc(CN(CCBr)CC(F)(F)F)c1. The van der Waals surface area contributed by atoms with Gasteiger partial charge >= 0.3 is 6.18 Å². The maximum absolute atomic E-state index is 12.4. The molecule has 1 nitrogen and oxygen atoms in total. The third-order valence-corrected chi connectivity index (χ3v) is 2.65. The fraction of sp³-hybridized carbons (Fsp3) is 0.500. The molecule has 1 rings (SSSR count). The van der Waals surface area contributed by atoms with Crippen molar-refractivity contribution in [1.29, 1.82) is 0 Å². The van der Waals surface area contributed by atoms with Gasteiger partial charge in [0, 0.05) is 18.4 Å². The third-order valence-electron chi connectivity index (χ3n) is 2.29. The molecule has 0 saturated carbocycles. The van der Waals surface area contributed by atoms with E-state index in [1.807, 2.05) is 31.2 Å². The molecule has 0 aliphatic carbocycles. The van der Waals surface area contributed by atoms with Gasteiger partial charge in [-0.1, -0.05) is 45.8 Å². The molecule has 0 spiro atoms. The molecule has 0 radical (unpaired) electrons. The Bertz CT molecular complexity index is 352. The molecule has 0 N–H and O–H groups in total. The second-order valence-electron chi connectivity index (χ2n) is 4.00. The molecular formula is C12H15BrF3N. The molecule has 0 aliphatic heterocycles. The molecule has 17 heavy (non-hydrogen) atoms. The Morgan fingerprint density at radius 2 is 2.00 bits per heavy atom. The number of rotatable bonds is 5. The van der Waals surface area contributed by atoms with Crippen LogP contribution in [-0.2, 0) is 6.54 Å². The van der Waals surface area contributed by atoms with Crippen LogP contribution in [0.4, 0.5) is 13.2 Å². The highest BCUT2D eigenvalue weighted by Crippen LogP contribution is 2.18. The summed E-state index contributed by atoms with van der Waals surface area (Å²) in [6.07, 6.45) is -4.15. The quantitative estimate of drug-likeness (QED) is 0.749.